The van der Waals surface area contributed by atoms with Gasteiger partial charge >= 0.3 is 5.97 Å². The number of thiophene rings is 1. The number of carboxylic acid groups (broad SMARTS) is 1. The lowest BCUT2D eigenvalue weighted by Crippen LogP contribution is -2.51. The van der Waals surface area contributed by atoms with E-state index in [2.05, 4.69) is 30.2 Å². The second kappa shape index (κ2) is 8.69. The van der Waals surface area contributed by atoms with Crippen molar-refractivity contribution in [1.29, 1.82) is 0 Å². The monoisotopic (exact) mass is 532 g/mol. The van der Waals surface area contributed by atoms with Gasteiger partial charge in [-0.05, 0) is 49.7 Å². The summed E-state index contributed by atoms with van der Waals surface area (Å²) in [6.45, 7) is 0. The number of aliphatic carboxylic acids is 1. The summed E-state index contributed by atoms with van der Waals surface area (Å²) in [7, 11) is 0. The molecule has 7 rings (SSSR count). The number of hydrogen-bond donors (Lipinski definition) is 3. The molecule has 3 saturated carbocycles. The molecule has 3 aliphatic carbocycles. The Morgan fingerprint density at radius 3 is 2.63 bits per heavy atom. The summed E-state index contributed by atoms with van der Waals surface area (Å²) in [6, 6.07) is 2.96. The van der Waals surface area contributed by atoms with Crippen molar-refractivity contribution < 1.29 is 14.3 Å². The molecule has 3 aliphatic rings. The van der Waals surface area contributed by atoms with E-state index in [1.165, 1.54) is 17.5 Å². The Kier molecular flexibility index (Phi) is 5.62. The summed E-state index contributed by atoms with van der Waals surface area (Å²) in [5.41, 5.74) is 1.54. The molecular formula is C23H19Cl2FN6O2S. The van der Waals surface area contributed by atoms with E-state index in [-0.39, 0.29) is 34.3 Å². The molecule has 4 aromatic rings. The lowest BCUT2D eigenvalue weighted by atomic mass is 9.61. The van der Waals surface area contributed by atoms with Gasteiger partial charge in [0.25, 0.3) is 0 Å². The molecule has 0 spiro atoms. The normalized spacial score (nSPS) is 23.6. The van der Waals surface area contributed by atoms with E-state index < -0.39 is 23.7 Å². The second-order valence-corrected chi connectivity index (χ2v) is 11.1. The Labute approximate surface area is 213 Å². The van der Waals surface area contributed by atoms with Gasteiger partial charge in [-0.3, -0.25) is 4.79 Å². The first-order chi connectivity index (χ1) is 16.9. The van der Waals surface area contributed by atoms with Gasteiger partial charge in [0.15, 0.2) is 23.1 Å². The maximum atomic E-state index is 15.9. The van der Waals surface area contributed by atoms with Gasteiger partial charge in [-0.1, -0.05) is 23.2 Å². The molecule has 3 N–H and O–H groups in total. The number of carboxylic acids is 1. The van der Waals surface area contributed by atoms with Gasteiger partial charge in [-0.25, -0.2) is 24.3 Å². The highest BCUT2D eigenvalue weighted by molar-refractivity contribution is 7.19. The van der Waals surface area contributed by atoms with Crippen molar-refractivity contribution in [2.24, 2.45) is 17.8 Å². The third-order valence-corrected chi connectivity index (χ3v) is 8.48. The van der Waals surface area contributed by atoms with Crippen molar-refractivity contribution in [3.8, 4) is 22.0 Å². The van der Waals surface area contributed by atoms with Crippen molar-refractivity contribution in [3.05, 3.63) is 39.8 Å². The van der Waals surface area contributed by atoms with Crippen LogP contribution in [-0.2, 0) is 4.79 Å². The SMILES string of the molecule is O=C(O)C1C2CCC(CC2)C1Nc1nc(-c2c[nH]c3nc(Cl)cnc23)nc(-c2ccc(Cl)s2)c1F. The highest BCUT2D eigenvalue weighted by Crippen LogP contribution is 2.47. The van der Waals surface area contributed by atoms with Crippen LogP contribution in [0.5, 0.6) is 0 Å². The largest absolute Gasteiger partial charge is 0.481 e. The fraction of sp³-hybridized carbons (Fsp3) is 0.348. The summed E-state index contributed by atoms with van der Waals surface area (Å²) in [5, 5.41) is 13.4. The molecule has 0 aromatic carbocycles. The number of halogens is 3. The molecule has 12 heteroatoms. The van der Waals surface area contributed by atoms with Gasteiger partial charge in [0.1, 0.15) is 16.4 Å². The van der Waals surface area contributed by atoms with Crippen LogP contribution in [0.15, 0.2) is 24.5 Å². The van der Waals surface area contributed by atoms with E-state index in [4.69, 9.17) is 23.2 Å². The Balaban J connectivity index is 1.49. The molecule has 35 heavy (non-hydrogen) atoms. The molecule has 0 radical (unpaired) electrons. The predicted molar refractivity (Wildman–Crippen MR) is 132 cm³/mol. The standard InChI is InChI=1S/C23H19Cl2FN6O2S/c24-13-8-27-18-11(7-28-22(18)29-13)20-31-19(12-5-6-14(25)35-12)16(26)21(32-20)30-17-10-3-1-9(2-4-10)15(17)23(33)34/h5-10,15,17H,1-4H2,(H,28,29)(H,33,34)(H,30,31,32). The zero-order chi connectivity index (χ0) is 24.3. The Bertz CT molecular complexity index is 1450. The van der Waals surface area contributed by atoms with Crippen LogP contribution in [0.3, 0.4) is 0 Å². The third-order valence-electron chi connectivity index (χ3n) is 7.06. The Morgan fingerprint density at radius 1 is 1.14 bits per heavy atom. The molecule has 4 aromatic heterocycles. The van der Waals surface area contributed by atoms with E-state index in [1.54, 1.807) is 18.3 Å². The molecular weight excluding hydrogens is 514 g/mol. The smallest absolute Gasteiger partial charge is 0.308 e. The van der Waals surface area contributed by atoms with E-state index in [0.717, 1.165) is 25.7 Å². The second-order valence-electron chi connectivity index (χ2n) is 8.96. The number of hydrogen-bond acceptors (Lipinski definition) is 7. The Morgan fingerprint density at radius 2 is 1.91 bits per heavy atom. The molecule has 0 amide bonds. The third kappa shape index (κ3) is 3.93. The lowest BCUT2D eigenvalue weighted by Gasteiger charge is -2.47. The molecule has 2 unspecified atom stereocenters. The number of nitrogens with one attached hydrogen (secondary N) is 2. The summed E-state index contributed by atoms with van der Waals surface area (Å²) in [5.74, 6) is -1.70. The van der Waals surface area contributed by atoms with Gasteiger partial charge in [0.05, 0.1) is 26.9 Å². The number of aromatic nitrogens is 5. The molecule has 0 saturated heterocycles. The highest BCUT2D eigenvalue weighted by Gasteiger charge is 2.47. The van der Waals surface area contributed by atoms with Crippen molar-refractivity contribution in [1.82, 2.24) is 24.9 Å². The molecule has 0 aliphatic heterocycles. The average molecular weight is 533 g/mol. The minimum atomic E-state index is -0.861. The quantitative estimate of drug-likeness (QED) is 0.293. The van der Waals surface area contributed by atoms with E-state index in [1.807, 2.05) is 0 Å². The zero-order valence-electron chi connectivity index (χ0n) is 18.1. The van der Waals surface area contributed by atoms with Crippen LogP contribution in [-0.4, -0.2) is 42.0 Å². The fourth-order valence-electron chi connectivity index (χ4n) is 5.48. The van der Waals surface area contributed by atoms with E-state index in [0.29, 0.717) is 25.9 Å². The predicted octanol–water partition coefficient (Wildman–Crippen LogP) is 5.89. The molecule has 8 nitrogen and oxygen atoms in total. The topological polar surface area (TPSA) is 117 Å². The van der Waals surface area contributed by atoms with E-state index in [9.17, 15) is 9.90 Å². The zero-order valence-corrected chi connectivity index (χ0v) is 20.5. The summed E-state index contributed by atoms with van der Waals surface area (Å²) < 4.78 is 16.4. The van der Waals surface area contributed by atoms with Gasteiger partial charge in [-0.15, -0.1) is 11.3 Å². The summed E-state index contributed by atoms with van der Waals surface area (Å²) in [4.78, 5) is 33.3. The number of rotatable bonds is 5. The number of carbonyl (C=O) groups is 1. The number of fused-ring (bicyclic) bond motifs is 4. The average Bonchev–Trinajstić information content (AvgIpc) is 3.46. The van der Waals surface area contributed by atoms with E-state index >= 15 is 4.39 Å². The molecule has 3 fully saturated rings. The summed E-state index contributed by atoms with van der Waals surface area (Å²) in [6.07, 6.45) is 6.65. The van der Waals surface area contributed by atoms with Crippen molar-refractivity contribution in [2.45, 2.75) is 31.7 Å². The van der Waals surface area contributed by atoms with Gasteiger partial charge in [0, 0.05) is 12.2 Å². The minimum absolute atomic E-state index is 0.0328. The first-order valence-electron chi connectivity index (χ1n) is 11.2. The maximum absolute atomic E-state index is 15.9. The van der Waals surface area contributed by atoms with Gasteiger partial charge < -0.3 is 15.4 Å². The van der Waals surface area contributed by atoms with Crippen LogP contribution in [0.2, 0.25) is 9.49 Å². The molecule has 2 atom stereocenters. The fourth-order valence-corrected chi connectivity index (χ4v) is 6.64. The van der Waals surface area contributed by atoms with Crippen LogP contribution in [0.25, 0.3) is 33.1 Å². The number of H-pyrrole nitrogens is 1. The number of aromatic amines is 1. The number of anilines is 1. The van der Waals surface area contributed by atoms with Crippen LogP contribution in [0.1, 0.15) is 25.7 Å². The minimum Gasteiger partial charge on any atom is -0.481 e. The Hall–Kier alpha value is -2.82. The van der Waals surface area contributed by atoms with Crippen molar-refractivity contribution in [3.63, 3.8) is 0 Å². The lowest BCUT2D eigenvalue weighted by molar-refractivity contribution is -0.148. The van der Waals surface area contributed by atoms with Crippen LogP contribution in [0.4, 0.5) is 10.2 Å². The van der Waals surface area contributed by atoms with Crippen LogP contribution >= 0.6 is 34.5 Å². The van der Waals surface area contributed by atoms with Gasteiger partial charge in [-0.2, -0.15) is 0 Å². The maximum Gasteiger partial charge on any atom is 0.308 e. The van der Waals surface area contributed by atoms with Crippen LogP contribution in [0, 0.1) is 23.6 Å². The molecule has 180 valence electrons. The first kappa shape index (κ1) is 22.6. The molecule has 4 heterocycles. The first-order valence-corrected chi connectivity index (χ1v) is 12.8. The van der Waals surface area contributed by atoms with Crippen LogP contribution < -0.4 is 5.32 Å². The van der Waals surface area contributed by atoms with Crippen molar-refractivity contribution in [2.75, 3.05) is 5.32 Å². The number of nitrogens with zero attached hydrogens (tertiary/aromatic N) is 4. The van der Waals surface area contributed by atoms with Gasteiger partial charge in [0.2, 0.25) is 0 Å². The molecule has 2 bridgehead atoms. The highest BCUT2D eigenvalue weighted by atomic mass is 35.5. The van der Waals surface area contributed by atoms with Crippen molar-refractivity contribution >= 4 is 57.5 Å². The summed E-state index contributed by atoms with van der Waals surface area (Å²) >= 11 is 13.3.